The van der Waals surface area contributed by atoms with Crippen LogP contribution in [0.1, 0.15) is 26.3 Å². The van der Waals surface area contributed by atoms with Gasteiger partial charge in [0.1, 0.15) is 7.14 Å². The molecule has 1 heterocycles. The van der Waals surface area contributed by atoms with Gasteiger partial charge in [0.2, 0.25) is 0 Å². The summed E-state index contributed by atoms with van der Waals surface area (Å²) in [6, 6.07) is 3.96. The summed E-state index contributed by atoms with van der Waals surface area (Å²) in [4.78, 5) is 8.62. The summed E-state index contributed by atoms with van der Waals surface area (Å²) < 4.78 is 12.5. The average Bonchev–Trinajstić information content (AvgIpc) is 2.25. The first kappa shape index (κ1) is 13.2. The van der Waals surface area contributed by atoms with Crippen molar-refractivity contribution in [3.05, 3.63) is 30.1 Å². The average molecular weight is 262 g/mol. The standard InChI is InChI=1S/C14H19N2OP/c1-14(2,3)10-8-11-12(16-7-6-15-11)9-13(10)18(4,5)17/h6-9H,1-5H3. The van der Waals surface area contributed by atoms with Gasteiger partial charge in [0.25, 0.3) is 0 Å². The number of hydrogen-bond donors (Lipinski definition) is 0. The monoisotopic (exact) mass is 262 g/mol. The fourth-order valence-corrected chi connectivity index (χ4v) is 3.46. The number of rotatable bonds is 1. The molecule has 0 fully saturated rings. The zero-order valence-electron chi connectivity index (χ0n) is 11.6. The Morgan fingerprint density at radius 1 is 1.00 bits per heavy atom. The van der Waals surface area contributed by atoms with E-state index in [1.165, 1.54) is 0 Å². The van der Waals surface area contributed by atoms with Crippen molar-refractivity contribution < 1.29 is 4.57 Å². The Bertz CT molecular complexity index is 638. The molecule has 2 rings (SSSR count). The van der Waals surface area contributed by atoms with Gasteiger partial charge in [-0.05, 0) is 36.4 Å². The molecule has 0 aliphatic carbocycles. The fraction of sp³-hybridized carbons (Fsp3) is 0.429. The molecule has 1 aromatic heterocycles. The number of fused-ring (bicyclic) bond motifs is 1. The Morgan fingerprint density at radius 2 is 1.50 bits per heavy atom. The molecule has 0 aliphatic heterocycles. The lowest BCUT2D eigenvalue weighted by Gasteiger charge is -2.25. The third-order valence-corrected chi connectivity index (χ3v) is 4.51. The van der Waals surface area contributed by atoms with Crippen molar-refractivity contribution >= 4 is 23.5 Å². The highest BCUT2D eigenvalue weighted by Crippen LogP contribution is 2.40. The number of aromatic nitrogens is 2. The van der Waals surface area contributed by atoms with E-state index in [4.69, 9.17) is 0 Å². The molecule has 0 saturated carbocycles. The van der Waals surface area contributed by atoms with Gasteiger partial charge in [0.05, 0.1) is 11.0 Å². The molecule has 0 saturated heterocycles. The van der Waals surface area contributed by atoms with Gasteiger partial charge in [-0.2, -0.15) is 0 Å². The molecular formula is C14H19N2OP. The van der Waals surface area contributed by atoms with Crippen LogP contribution in [0.5, 0.6) is 0 Å². The molecule has 4 heteroatoms. The van der Waals surface area contributed by atoms with E-state index < -0.39 is 7.14 Å². The van der Waals surface area contributed by atoms with E-state index in [0.29, 0.717) is 0 Å². The van der Waals surface area contributed by atoms with Crippen LogP contribution in [0.15, 0.2) is 24.5 Å². The molecule has 0 radical (unpaired) electrons. The van der Waals surface area contributed by atoms with E-state index in [-0.39, 0.29) is 5.41 Å². The molecule has 0 atom stereocenters. The van der Waals surface area contributed by atoms with Crippen LogP contribution in [-0.2, 0) is 9.98 Å². The molecule has 0 amide bonds. The van der Waals surface area contributed by atoms with Gasteiger partial charge < -0.3 is 4.57 Å². The Morgan fingerprint density at radius 3 is 1.94 bits per heavy atom. The second-order valence-corrected chi connectivity index (χ2v) is 9.20. The summed E-state index contributed by atoms with van der Waals surface area (Å²) in [5, 5.41) is 0.919. The predicted octanol–water partition coefficient (Wildman–Crippen LogP) is 3.18. The molecule has 0 spiro atoms. The van der Waals surface area contributed by atoms with Crippen LogP contribution in [0.25, 0.3) is 11.0 Å². The smallest absolute Gasteiger partial charge is 0.110 e. The minimum absolute atomic E-state index is 0.0529. The quantitative estimate of drug-likeness (QED) is 0.741. The fourth-order valence-electron chi connectivity index (χ4n) is 2.05. The van der Waals surface area contributed by atoms with E-state index in [0.717, 1.165) is 21.9 Å². The first-order valence-corrected chi connectivity index (χ1v) is 8.60. The normalized spacial score (nSPS) is 12.9. The molecule has 0 bridgehead atoms. The van der Waals surface area contributed by atoms with E-state index in [1.54, 1.807) is 25.7 Å². The minimum Gasteiger partial charge on any atom is -0.319 e. The third kappa shape index (κ3) is 2.46. The predicted molar refractivity (Wildman–Crippen MR) is 77.3 cm³/mol. The van der Waals surface area contributed by atoms with Gasteiger partial charge in [-0.1, -0.05) is 20.8 Å². The number of hydrogen-bond acceptors (Lipinski definition) is 3. The van der Waals surface area contributed by atoms with Gasteiger partial charge in [-0.15, -0.1) is 0 Å². The van der Waals surface area contributed by atoms with Gasteiger partial charge in [-0.25, -0.2) is 0 Å². The maximum absolute atomic E-state index is 12.5. The SMILES string of the molecule is CC(C)(C)c1cc2nccnc2cc1P(C)(C)=O. The second-order valence-electron chi connectivity index (χ2n) is 6.02. The number of benzene rings is 1. The van der Waals surface area contributed by atoms with Crippen LogP contribution in [-0.4, -0.2) is 23.3 Å². The molecular weight excluding hydrogens is 243 g/mol. The molecule has 0 aliphatic rings. The topological polar surface area (TPSA) is 42.9 Å². The van der Waals surface area contributed by atoms with Crippen molar-refractivity contribution in [2.75, 3.05) is 13.3 Å². The summed E-state index contributed by atoms with van der Waals surface area (Å²) in [5.41, 5.74) is 2.72. The highest BCUT2D eigenvalue weighted by molar-refractivity contribution is 7.70. The minimum atomic E-state index is -2.32. The largest absolute Gasteiger partial charge is 0.319 e. The molecule has 96 valence electrons. The third-order valence-electron chi connectivity index (χ3n) is 2.97. The van der Waals surface area contributed by atoms with Crippen molar-refractivity contribution in [1.82, 2.24) is 9.97 Å². The van der Waals surface area contributed by atoms with Crippen LogP contribution >= 0.6 is 7.14 Å². The van der Waals surface area contributed by atoms with E-state index in [9.17, 15) is 4.57 Å². The maximum Gasteiger partial charge on any atom is 0.110 e. The Kier molecular flexibility index (Phi) is 3.06. The Balaban J connectivity index is 2.85. The summed E-state index contributed by atoms with van der Waals surface area (Å²) in [6.45, 7) is 10.00. The van der Waals surface area contributed by atoms with Gasteiger partial charge >= 0.3 is 0 Å². The van der Waals surface area contributed by atoms with Crippen molar-refractivity contribution in [2.24, 2.45) is 0 Å². The van der Waals surface area contributed by atoms with Crippen LogP contribution in [0, 0.1) is 0 Å². The molecule has 1 aromatic carbocycles. The lowest BCUT2D eigenvalue weighted by molar-refractivity contribution is 0.580. The molecule has 0 unspecified atom stereocenters. The lowest BCUT2D eigenvalue weighted by atomic mass is 9.87. The second kappa shape index (κ2) is 4.17. The van der Waals surface area contributed by atoms with Crippen molar-refractivity contribution in [3.63, 3.8) is 0 Å². The van der Waals surface area contributed by atoms with Crippen molar-refractivity contribution in [3.8, 4) is 0 Å². The van der Waals surface area contributed by atoms with Gasteiger partial charge in [-0.3, -0.25) is 9.97 Å². The Hall–Kier alpha value is -1.21. The maximum atomic E-state index is 12.5. The van der Waals surface area contributed by atoms with Crippen LogP contribution in [0.4, 0.5) is 0 Å². The van der Waals surface area contributed by atoms with E-state index in [1.807, 2.05) is 12.1 Å². The lowest BCUT2D eigenvalue weighted by Crippen LogP contribution is -2.23. The highest BCUT2D eigenvalue weighted by atomic mass is 31.2. The highest BCUT2D eigenvalue weighted by Gasteiger charge is 2.25. The molecule has 2 aromatic rings. The van der Waals surface area contributed by atoms with E-state index >= 15 is 0 Å². The van der Waals surface area contributed by atoms with E-state index in [2.05, 4.69) is 30.7 Å². The van der Waals surface area contributed by atoms with Crippen molar-refractivity contribution in [1.29, 1.82) is 0 Å². The van der Waals surface area contributed by atoms with Crippen molar-refractivity contribution in [2.45, 2.75) is 26.2 Å². The van der Waals surface area contributed by atoms with Gasteiger partial charge in [0, 0.05) is 17.7 Å². The first-order valence-electron chi connectivity index (χ1n) is 6.00. The zero-order valence-corrected chi connectivity index (χ0v) is 12.5. The summed E-state index contributed by atoms with van der Waals surface area (Å²) >= 11 is 0. The number of nitrogens with zero attached hydrogens (tertiary/aromatic N) is 2. The van der Waals surface area contributed by atoms with Crippen LogP contribution < -0.4 is 5.30 Å². The van der Waals surface area contributed by atoms with Gasteiger partial charge in [0.15, 0.2) is 0 Å². The summed E-state index contributed by atoms with van der Waals surface area (Å²) in [7, 11) is -2.32. The molecule has 18 heavy (non-hydrogen) atoms. The molecule has 0 N–H and O–H groups in total. The Labute approximate surface area is 108 Å². The van der Waals surface area contributed by atoms with Crippen LogP contribution in [0.3, 0.4) is 0 Å². The van der Waals surface area contributed by atoms with Crippen LogP contribution in [0.2, 0.25) is 0 Å². The summed E-state index contributed by atoms with van der Waals surface area (Å²) in [6.07, 6.45) is 3.35. The molecule has 3 nitrogen and oxygen atoms in total. The summed E-state index contributed by atoms with van der Waals surface area (Å²) in [5.74, 6) is 0. The first-order chi connectivity index (χ1) is 8.19. The zero-order chi connectivity index (χ0) is 13.6.